The Morgan fingerprint density at radius 3 is 2.31 bits per heavy atom. The first kappa shape index (κ1) is 26.1. The van der Waals surface area contributed by atoms with Crippen molar-refractivity contribution < 1.29 is 18.4 Å². The van der Waals surface area contributed by atoms with Gasteiger partial charge in [-0.2, -0.15) is 0 Å². The van der Waals surface area contributed by atoms with E-state index in [2.05, 4.69) is 59.2 Å². The van der Waals surface area contributed by atoms with Gasteiger partial charge in [-0.15, -0.1) is 0 Å². The third-order valence-corrected chi connectivity index (χ3v) is 12.6. The molecule has 1 aromatic heterocycles. The van der Waals surface area contributed by atoms with Crippen molar-refractivity contribution in [1.82, 2.24) is 0 Å². The van der Waals surface area contributed by atoms with Crippen molar-refractivity contribution in [2.75, 3.05) is 0 Å². The second kappa shape index (κ2) is 8.47. The second-order valence-corrected chi connectivity index (χ2v) is 23.9. The summed E-state index contributed by atoms with van der Waals surface area (Å²) in [4.78, 5) is 0. The highest BCUT2D eigenvalue weighted by molar-refractivity contribution is 6.70. The van der Waals surface area contributed by atoms with Crippen LogP contribution >= 0.6 is 0 Å². The predicted octanol–water partition coefficient (Wildman–Crippen LogP) is 7.95. The lowest BCUT2D eigenvalue weighted by atomic mass is 9.43. The summed E-state index contributed by atoms with van der Waals surface area (Å²) in [5, 5.41) is 12.5. The van der Waals surface area contributed by atoms with Gasteiger partial charge in [0.15, 0.2) is 8.32 Å². The van der Waals surface area contributed by atoms with Gasteiger partial charge in [0.1, 0.15) is 0 Å². The Labute approximate surface area is 215 Å². The molecule has 4 aliphatic carbocycles. The third-order valence-electron chi connectivity index (χ3n) is 10.7. The maximum Gasteiger partial charge on any atom is 0.270 e. The molecule has 0 amide bonds. The van der Waals surface area contributed by atoms with Gasteiger partial charge in [-0.1, -0.05) is 13.8 Å². The van der Waals surface area contributed by atoms with E-state index >= 15 is 0 Å². The normalized spacial score (nSPS) is 43.9. The number of hydrogen-bond donors (Lipinski definition) is 1. The molecule has 8 unspecified atom stereocenters. The fourth-order valence-corrected chi connectivity index (χ4v) is 11.1. The number of fused-ring (bicyclic) bond motifs is 5. The molecule has 0 aliphatic heterocycles. The summed E-state index contributed by atoms with van der Waals surface area (Å²) in [5.74, 6) is 2.83. The molecule has 1 heterocycles. The van der Waals surface area contributed by atoms with Gasteiger partial charge in [0.05, 0.1) is 11.9 Å². The quantitative estimate of drug-likeness (QED) is 0.402. The molecular weight excluding hydrogens is 468 g/mol. The third kappa shape index (κ3) is 4.42. The molecule has 4 nitrogen and oxygen atoms in total. The fourth-order valence-electron chi connectivity index (χ4n) is 9.20. The highest BCUT2D eigenvalue weighted by Crippen LogP contribution is 2.70. The van der Waals surface area contributed by atoms with Gasteiger partial charge in [0.25, 0.3) is 5.95 Å². The van der Waals surface area contributed by atoms with Crippen molar-refractivity contribution in [2.24, 2.45) is 28.6 Å². The maximum atomic E-state index is 12.5. The topological polar surface area (TPSA) is 51.8 Å². The number of hydrogen-bond acceptors (Lipinski definition) is 4. The molecular formula is C29H50O4Si2. The molecule has 6 heteroatoms. The Morgan fingerprint density at radius 1 is 0.886 bits per heavy atom. The lowest BCUT2D eigenvalue weighted by Crippen LogP contribution is -2.62. The Balaban J connectivity index is 1.35. The monoisotopic (exact) mass is 518 g/mol. The standard InChI is InChI=1S/C29H50O4Si2/c1-27-14-11-22(32-34(3,4)5)18-21(27)9-10-25-24(27)12-15-28(2)23(13-16-29(25,28)30)20-17-26(31-19-20)33-35(6,7)8/h17,19,21-25,30H,9-16,18H2,1-8H3. The van der Waals surface area contributed by atoms with Crippen LogP contribution in [0.15, 0.2) is 16.7 Å². The van der Waals surface area contributed by atoms with E-state index in [0.717, 1.165) is 25.2 Å². The summed E-state index contributed by atoms with van der Waals surface area (Å²) in [5.41, 5.74) is 0.928. The molecule has 4 fully saturated rings. The van der Waals surface area contributed by atoms with E-state index in [-0.39, 0.29) is 5.41 Å². The van der Waals surface area contributed by atoms with E-state index in [0.29, 0.717) is 35.2 Å². The van der Waals surface area contributed by atoms with E-state index in [1.54, 1.807) is 0 Å². The van der Waals surface area contributed by atoms with Crippen LogP contribution in [0.4, 0.5) is 0 Å². The number of aliphatic hydroxyl groups is 1. The van der Waals surface area contributed by atoms with Gasteiger partial charge >= 0.3 is 0 Å². The second-order valence-electron chi connectivity index (χ2n) is 15.0. The van der Waals surface area contributed by atoms with E-state index in [1.807, 2.05) is 6.26 Å². The van der Waals surface area contributed by atoms with Crippen molar-refractivity contribution >= 4 is 16.6 Å². The smallest absolute Gasteiger partial charge is 0.270 e. The highest BCUT2D eigenvalue weighted by Gasteiger charge is 2.67. The summed E-state index contributed by atoms with van der Waals surface area (Å²) >= 11 is 0. The average molecular weight is 519 g/mol. The lowest BCUT2D eigenvalue weighted by molar-refractivity contribution is -0.204. The van der Waals surface area contributed by atoms with Gasteiger partial charge in [-0.25, -0.2) is 0 Å². The van der Waals surface area contributed by atoms with E-state index in [9.17, 15) is 5.11 Å². The van der Waals surface area contributed by atoms with Gasteiger partial charge in [0.2, 0.25) is 8.32 Å². The molecule has 4 aliphatic rings. The largest absolute Gasteiger partial charge is 0.519 e. The molecule has 1 N–H and O–H groups in total. The molecule has 4 saturated carbocycles. The van der Waals surface area contributed by atoms with Gasteiger partial charge < -0.3 is 18.4 Å². The Bertz CT molecular complexity index is 932. The van der Waals surface area contributed by atoms with Crippen LogP contribution in [0.3, 0.4) is 0 Å². The summed E-state index contributed by atoms with van der Waals surface area (Å²) in [7, 11) is -3.21. The molecule has 0 spiro atoms. The van der Waals surface area contributed by atoms with Crippen LogP contribution in [0.2, 0.25) is 39.3 Å². The number of rotatable bonds is 5. The van der Waals surface area contributed by atoms with Crippen molar-refractivity contribution in [3.63, 3.8) is 0 Å². The molecule has 8 atom stereocenters. The highest BCUT2D eigenvalue weighted by atomic mass is 28.4. The maximum absolute atomic E-state index is 12.5. The van der Waals surface area contributed by atoms with Crippen molar-refractivity contribution in [3.8, 4) is 5.95 Å². The van der Waals surface area contributed by atoms with E-state index in [1.165, 1.54) is 44.1 Å². The molecule has 1 aromatic rings. The average Bonchev–Trinajstić information content (AvgIpc) is 3.27. The van der Waals surface area contributed by atoms with Crippen molar-refractivity contribution in [3.05, 3.63) is 17.9 Å². The first-order valence-electron chi connectivity index (χ1n) is 14.3. The van der Waals surface area contributed by atoms with Crippen molar-refractivity contribution in [2.45, 2.75) is 129 Å². The molecule has 0 saturated heterocycles. The zero-order valence-electron chi connectivity index (χ0n) is 23.6. The van der Waals surface area contributed by atoms with Gasteiger partial charge in [-0.05, 0) is 132 Å². The Morgan fingerprint density at radius 2 is 1.63 bits per heavy atom. The summed E-state index contributed by atoms with van der Waals surface area (Å²) < 4.78 is 18.6. The minimum atomic E-state index is -1.71. The SMILES string of the molecule is CC12CCC(O[Si](C)(C)C)CC1CCC1C2CCC2(C)C(c3coc(O[Si](C)(C)C)c3)CCC12O. The van der Waals surface area contributed by atoms with Crippen molar-refractivity contribution in [1.29, 1.82) is 0 Å². The first-order valence-corrected chi connectivity index (χ1v) is 21.1. The molecule has 35 heavy (non-hydrogen) atoms. The van der Waals surface area contributed by atoms with E-state index < -0.39 is 22.2 Å². The van der Waals surface area contributed by atoms with Gasteiger partial charge in [0, 0.05) is 17.6 Å². The first-order chi connectivity index (χ1) is 16.1. The summed E-state index contributed by atoms with van der Waals surface area (Å²) in [6.07, 6.45) is 12.9. The molecule has 198 valence electrons. The summed E-state index contributed by atoms with van der Waals surface area (Å²) in [6, 6.07) is 2.13. The van der Waals surface area contributed by atoms with Crippen LogP contribution in [-0.2, 0) is 4.43 Å². The summed E-state index contributed by atoms with van der Waals surface area (Å²) in [6.45, 7) is 18.5. The van der Waals surface area contributed by atoms with Crippen LogP contribution in [0, 0.1) is 28.6 Å². The Kier molecular flexibility index (Phi) is 6.31. The van der Waals surface area contributed by atoms with Gasteiger partial charge in [-0.3, -0.25) is 0 Å². The van der Waals surface area contributed by atoms with Crippen LogP contribution in [0.1, 0.15) is 83.1 Å². The minimum absolute atomic E-state index is 0.0875. The van der Waals surface area contributed by atoms with Crippen LogP contribution < -0.4 is 4.43 Å². The van der Waals surface area contributed by atoms with E-state index in [4.69, 9.17) is 13.3 Å². The zero-order valence-corrected chi connectivity index (χ0v) is 25.6. The molecule has 5 rings (SSSR count). The zero-order chi connectivity index (χ0) is 25.4. The van der Waals surface area contributed by atoms with Crippen LogP contribution in [-0.4, -0.2) is 33.4 Å². The van der Waals surface area contributed by atoms with Crippen LogP contribution in [0.25, 0.3) is 0 Å². The molecule has 0 aromatic carbocycles. The minimum Gasteiger partial charge on any atom is -0.519 e. The fraction of sp³-hybridized carbons (Fsp3) is 0.862. The number of furan rings is 1. The molecule has 0 bridgehead atoms. The Hall–Kier alpha value is -0.566. The van der Waals surface area contributed by atoms with Crippen LogP contribution in [0.5, 0.6) is 5.95 Å². The predicted molar refractivity (Wildman–Crippen MR) is 147 cm³/mol. The lowest BCUT2D eigenvalue weighted by Gasteiger charge is -2.64. The molecule has 0 radical (unpaired) electrons.